The van der Waals surface area contributed by atoms with Gasteiger partial charge in [0.25, 0.3) is 10.0 Å². The van der Waals surface area contributed by atoms with Gasteiger partial charge in [-0.3, -0.25) is 4.72 Å². The van der Waals surface area contributed by atoms with Gasteiger partial charge in [-0.2, -0.15) is 0 Å². The Kier molecular flexibility index (Phi) is 4.95. The second kappa shape index (κ2) is 6.22. The minimum absolute atomic E-state index is 0.0463. The summed E-state index contributed by atoms with van der Waals surface area (Å²) in [4.78, 5) is -0.0761. The topological polar surface area (TPSA) is 72.2 Å². The lowest BCUT2D eigenvalue weighted by molar-refractivity contribution is 0.601. The number of nitrogens with two attached hydrogens (primary N) is 1. The number of rotatable bonds is 3. The van der Waals surface area contributed by atoms with Gasteiger partial charge in [0.15, 0.2) is 0 Å². The van der Waals surface area contributed by atoms with Crippen molar-refractivity contribution in [3.63, 3.8) is 0 Å². The summed E-state index contributed by atoms with van der Waals surface area (Å²) in [5.41, 5.74) is 5.87. The van der Waals surface area contributed by atoms with E-state index in [-0.39, 0.29) is 26.3 Å². The summed E-state index contributed by atoms with van der Waals surface area (Å²) >= 11 is 20.9. The van der Waals surface area contributed by atoms with Gasteiger partial charge in [0.1, 0.15) is 4.90 Å². The number of sulfonamides is 1. The average molecular weight is 431 g/mol. The molecule has 21 heavy (non-hydrogen) atoms. The summed E-state index contributed by atoms with van der Waals surface area (Å²) < 4.78 is 27.7. The molecule has 0 bridgehead atoms. The minimum Gasteiger partial charge on any atom is -0.398 e. The molecule has 0 aromatic heterocycles. The zero-order chi connectivity index (χ0) is 15.8. The molecule has 0 aliphatic rings. The van der Waals surface area contributed by atoms with Crippen LogP contribution in [-0.2, 0) is 10.0 Å². The Bertz CT molecular complexity index is 789. The Morgan fingerprint density at radius 3 is 2.14 bits per heavy atom. The van der Waals surface area contributed by atoms with Gasteiger partial charge >= 0.3 is 0 Å². The molecule has 2 aromatic rings. The van der Waals surface area contributed by atoms with Crippen molar-refractivity contribution in [3.8, 4) is 0 Å². The molecule has 0 saturated carbocycles. The zero-order valence-corrected chi connectivity index (χ0v) is 14.9. The van der Waals surface area contributed by atoms with Crippen LogP contribution in [0.1, 0.15) is 0 Å². The Hall–Kier alpha value is -0.660. The first-order valence-corrected chi connectivity index (χ1v) is 8.84. The van der Waals surface area contributed by atoms with Crippen molar-refractivity contribution >= 4 is 72.1 Å². The Morgan fingerprint density at radius 1 is 1.05 bits per heavy atom. The molecule has 0 amide bonds. The van der Waals surface area contributed by atoms with Crippen LogP contribution in [0, 0.1) is 0 Å². The largest absolute Gasteiger partial charge is 0.398 e. The summed E-state index contributed by atoms with van der Waals surface area (Å²) in [5, 5.41) is 0.481. The third-order valence-corrected chi connectivity index (χ3v) is 5.24. The lowest BCUT2D eigenvalue weighted by Crippen LogP contribution is -2.15. The predicted octanol–water partition coefficient (Wildman–Crippen LogP) is 4.79. The zero-order valence-electron chi connectivity index (χ0n) is 10.2. The molecule has 0 aliphatic carbocycles. The summed E-state index contributed by atoms with van der Waals surface area (Å²) in [5.74, 6) is 0. The molecule has 3 N–H and O–H groups in total. The van der Waals surface area contributed by atoms with Crippen LogP contribution in [0.25, 0.3) is 0 Å². The molecular formula is C12H8BrCl3N2O2S. The van der Waals surface area contributed by atoms with Gasteiger partial charge in [-0.25, -0.2) is 8.42 Å². The molecule has 2 aromatic carbocycles. The van der Waals surface area contributed by atoms with Gasteiger partial charge in [0.2, 0.25) is 0 Å². The fourth-order valence-electron chi connectivity index (χ4n) is 1.59. The van der Waals surface area contributed by atoms with Crippen molar-refractivity contribution in [1.29, 1.82) is 0 Å². The van der Waals surface area contributed by atoms with Gasteiger partial charge in [0.05, 0.1) is 21.4 Å². The van der Waals surface area contributed by atoms with Crippen molar-refractivity contribution in [1.82, 2.24) is 0 Å². The van der Waals surface area contributed by atoms with Gasteiger partial charge in [-0.1, -0.05) is 50.7 Å². The van der Waals surface area contributed by atoms with Crippen molar-refractivity contribution in [2.24, 2.45) is 0 Å². The van der Waals surface area contributed by atoms with Crippen LogP contribution in [0.2, 0.25) is 15.1 Å². The van der Waals surface area contributed by atoms with E-state index in [0.29, 0.717) is 9.50 Å². The number of hydrogen-bond donors (Lipinski definition) is 2. The Balaban J connectivity index is 2.47. The Morgan fingerprint density at radius 2 is 1.62 bits per heavy atom. The molecule has 0 fully saturated rings. The summed E-state index contributed by atoms with van der Waals surface area (Å²) in [6, 6.07) is 7.20. The highest BCUT2D eigenvalue weighted by molar-refractivity contribution is 9.10. The molecule has 9 heteroatoms. The van der Waals surface area contributed by atoms with E-state index in [1.165, 1.54) is 24.3 Å². The van der Waals surface area contributed by atoms with E-state index in [1.807, 2.05) is 0 Å². The lowest BCUT2D eigenvalue weighted by Gasteiger charge is -2.13. The lowest BCUT2D eigenvalue weighted by atomic mass is 10.3. The first-order chi connectivity index (χ1) is 9.70. The van der Waals surface area contributed by atoms with Crippen LogP contribution in [0.4, 0.5) is 11.4 Å². The van der Waals surface area contributed by atoms with Crippen LogP contribution in [0.5, 0.6) is 0 Å². The maximum absolute atomic E-state index is 12.4. The van der Waals surface area contributed by atoms with Crippen molar-refractivity contribution in [2.45, 2.75) is 4.90 Å². The smallest absolute Gasteiger partial charge is 0.264 e. The normalized spacial score (nSPS) is 11.4. The van der Waals surface area contributed by atoms with Crippen LogP contribution < -0.4 is 10.5 Å². The minimum atomic E-state index is -3.93. The van der Waals surface area contributed by atoms with E-state index in [0.717, 1.165) is 0 Å². The summed E-state index contributed by atoms with van der Waals surface area (Å²) in [6.45, 7) is 0. The van der Waals surface area contributed by atoms with Crippen LogP contribution >= 0.6 is 50.7 Å². The molecule has 0 heterocycles. The molecule has 0 aliphatic heterocycles. The van der Waals surface area contributed by atoms with Crippen LogP contribution in [0.3, 0.4) is 0 Å². The second-order valence-electron chi connectivity index (χ2n) is 4.03. The number of anilines is 2. The van der Waals surface area contributed by atoms with Gasteiger partial charge in [-0.15, -0.1) is 0 Å². The average Bonchev–Trinajstić information content (AvgIpc) is 2.33. The van der Waals surface area contributed by atoms with E-state index >= 15 is 0 Å². The fourth-order valence-corrected chi connectivity index (χ4v) is 4.21. The van der Waals surface area contributed by atoms with Crippen LogP contribution in [-0.4, -0.2) is 8.42 Å². The summed E-state index contributed by atoms with van der Waals surface area (Å²) in [7, 11) is -3.93. The second-order valence-corrected chi connectivity index (χ2v) is 7.85. The van der Waals surface area contributed by atoms with Crippen molar-refractivity contribution < 1.29 is 8.42 Å². The Labute approximate surface area is 145 Å². The number of hydrogen-bond acceptors (Lipinski definition) is 3. The molecule has 0 saturated heterocycles. The molecular weight excluding hydrogens is 422 g/mol. The molecule has 112 valence electrons. The van der Waals surface area contributed by atoms with Gasteiger partial charge in [-0.05, 0) is 30.3 Å². The number of halogens is 4. The van der Waals surface area contributed by atoms with E-state index < -0.39 is 10.0 Å². The molecule has 2 rings (SSSR count). The first-order valence-electron chi connectivity index (χ1n) is 5.43. The third-order valence-electron chi connectivity index (χ3n) is 2.50. The molecule has 0 unspecified atom stereocenters. The maximum Gasteiger partial charge on any atom is 0.264 e. The highest BCUT2D eigenvalue weighted by Crippen LogP contribution is 2.35. The fraction of sp³-hybridized carbons (Fsp3) is 0. The summed E-state index contributed by atoms with van der Waals surface area (Å²) in [6.07, 6.45) is 0. The van der Waals surface area contributed by atoms with E-state index in [2.05, 4.69) is 20.7 Å². The highest BCUT2D eigenvalue weighted by Gasteiger charge is 2.20. The number of benzene rings is 2. The number of nitrogen functional groups attached to an aromatic ring is 1. The van der Waals surface area contributed by atoms with Crippen LogP contribution in [0.15, 0.2) is 39.7 Å². The quantitative estimate of drug-likeness (QED) is 0.688. The molecule has 0 spiro atoms. The van der Waals surface area contributed by atoms with E-state index in [9.17, 15) is 8.42 Å². The van der Waals surface area contributed by atoms with E-state index in [1.54, 1.807) is 6.07 Å². The molecule has 0 atom stereocenters. The van der Waals surface area contributed by atoms with Crippen molar-refractivity contribution in [3.05, 3.63) is 49.9 Å². The number of nitrogens with one attached hydrogen (secondary N) is 1. The molecule has 0 radical (unpaired) electrons. The highest BCUT2D eigenvalue weighted by atomic mass is 79.9. The third kappa shape index (κ3) is 3.76. The predicted molar refractivity (Wildman–Crippen MR) is 90.8 cm³/mol. The standard InChI is InChI=1S/C12H8BrCl3N2O2S/c13-6-1-2-11(10(17)3-6)21(19,20)18-12-8(15)4-7(14)5-9(12)16/h1-5,18H,17H2. The molecule has 4 nitrogen and oxygen atoms in total. The maximum atomic E-state index is 12.4. The SMILES string of the molecule is Nc1cc(Br)ccc1S(=O)(=O)Nc1c(Cl)cc(Cl)cc1Cl. The first kappa shape index (κ1) is 16.7. The monoisotopic (exact) mass is 428 g/mol. The van der Waals surface area contributed by atoms with Crippen molar-refractivity contribution in [2.75, 3.05) is 10.5 Å². The van der Waals surface area contributed by atoms with Gasteiger partial charge < -0.3 is 5.73 Å². The van der Waals surface area contributed by atoms with Gasteiger partial charge in [0, 0.05) is 9.50 Å². The van der Waals surface area contributed by atoms with E-state index in [4.69, 9.17) is 40.5 Å².